The highest BCUT2D eigenvalue weighted by molar-refractivity contribution is 5.74. The van der Waals surface area contributed by atoms with Gasteiger partial charge in [0.25, 0.3) is 0 Å². The monoisotopic (exact) mass is 298 g/mol. The molecule has 1 aromatic heterocycles. The summed E-state index contributed by atoms with van der Waals surface area (Å²) in [7, 11) is 0. The Hall–Kier alpha value is -2.56. The first-order chi connectivity index (χ1) is 10.7. The van der Waals surface area contributed by atoms with Crippen LogP contribution in [0.3, 0.4) is 0 Å². The molecule has 22 heavy (non-hydrogen) atoms. The van der Waals surface area contributed by atoms with E-state index in [1.165, 1.54) is 0 Å². The molecular weight excluding hydrogens is 280 g/mol. The molecule has 3 rings (SSSR count). The van der Waals surface area contributed by atoms with Gasteiger partial charge in [-0.15, -0.1) is 0 Å². The molecule has 1 aliphatic heterocycles. The largest absolute Gasteiger partial charge is 0.493 e. The van der Waals surface area contributed by atoms with E-state index in [1.807, 2.05) is 37.4 Å². The molecule has 0 fully saturated rings. The number of nitrogens with one attached hydrogen (secondary N) is 1. The minimum atomic E-state index is -0.993. The number of aromatic nitrogens is 1. The number of aryl methyl sites for hydroxylation is 1. The minimum Gasteiger partial charge on any atom is -0.493 e. The van der Waals surface area contributed by atoms with E-state index in [4.69, 9.17) is 9.84 Å². The number of carboxylic acid groups (broad SMARTS) is 1. The van der Waals surface area contributed by atoms with Gasteiger partial charge in [-0.1, -0.05) is 18.2 Å². The SMILES string of the molecule is Cc1ccncc1-c1cccc2c1OCCC2CNC(=O)O. The summed E-state index contributed by atoms with van der Waals surface area (Å²) in [5.41, 5.74) is 4.26. The topological polar surface area (TPSA) is 71.5 Å². The second-order valence-corrected chi connectivity index (χ2v) is 5.43. The molecule has 5 nitrogen and oxygen atoms in total. The number of hydrogen-bond acceptors (Lipinski definition) is 3. The van der Waals surface area contributed by atoms with Gasteiger partial charge in [0.15, 0.2) is 0 Å². The van der Waals surface area contributed by atoms with Gasteiger partial charge in [-0.3, -0.25) is 4.98 Å². The predicted octanol–water partition coefficient (Wildman–Crippen LogP) is 3.19. The van der Waals surface area contributed by atoms with Crippen molar-refractivity contribution >= 4 is 6.09 Å². The fraction of sp³-hybridized carbons (Fsp3) is 0.294. The highest BCUT2D eigenvalue weighted by Crippen LogP contribution is 2.41. The molecule has 0 aliphatic carbocycles. The van der Waals surface area contributed by atoms with Crippen LogP contribution >= 0.6 is 0 Å². The maximum Gasteiger partial charge on any atom is 0.404 e. The average Bonchev–Trinajstić information content (AvgIpc) is 2.53. The van der Waals surface area contributed by atoms with Crippen molar-refractivity contribution in [2.75, 3.05) is 13.2 Å². The Bertz CT molecular complexity index is 700. The van der Waals surface area contributed by atoms with Crippen LogP contribution in [0.25, 0.3) is 11.1 Å². The fourth-order valence-electron chi connectivity index (χ4n) is 2.88. The van der Waals surface area contributed by atoms with Crippen LogP contribution in [0.5, 0.6) is 5.75 Å². The summed E-state index contributed by atoms with van der Waals surface area (Å²) < 4.78 is 5.90. The molecule has 2 heterocycles. The number of amides is 1. The third-order valence-electron chi connectivity index (χ3n) is 4.03. The lowest BCUT2D eigenvalue weighted by atomic mass is 9.89. The average molecular weight is 298 g/mol. The summed E-state index contributed by atoms with van der Waals surface area (Å²) >= 11 is 0. The van der Waals surface area contributed by atoms with Crippen LogP contribution in [0.4, 0.5) is 4.79 Å². The summed E-state index contributed by atoms with van der Waals surface area (Å²) in [6.45, 7) is 3.04. The molecule has 1 atom stereocenters. The van der Waals surface area contributed by atoms with Crippen molar-refractivity contribution in [2.45, 2.75) is 19.3 Å². The number of pyridine rings is 1. The first-order valence-corrected chi connectivity index (χ1v) is 7.30. The molecule has 0 bridgehead atoms. The molecule has 1 aliphatic rings. The highest BCUT2D eigenvalue weighted by Gasteiger charge is 2.24. The minimum absolute atomic E-state index is 0.136. The van der Waals surface area contributed by atoms with Crippen molar-refractivity contribution in [3.63, 3.8) is 0 Å². The van der Waals surface area contributed by atoms with E-state index in [0.29, 0.717) is 13.2 Å². The van der Waals surface area contributed by atoms with E-state index in [9.17, 15) is 4.79 Å². The highest BCUT2D eigenvalue weighted by atomic mass is 16.5. The Kier molecular flexibility index (Phi) is 3.96. The first kappa shape index (κ1) is 14.4. The smallest absolute Gasteiger partial charge is 0.404 e. The van der Waals surface area contributed by atoms with Gasteiger partial charge in [0.2, 0.25) is 0 Å². The quantitative estimate of drug-likeness (QED) is 0.913. The number of ether oxygens (including phenoxy) is 1. The number of benzene rings is 1. The van der Waals surface area contributed by atoms with Crippen LogP contribution in [-0.2, 0) is 0 Å². The van der Waals surface area contributed by atoms with Crippen molar-refractivity contribution in [2.24, 2.45) is 0 Å². The van der Waals surface area contributed by atoms with Crippen LogP contribution in [0.15, 0.2) is 36.7 Å². The third-order valence-corrected chi connectivity index (χ3v) is 4.03. The summed E-state index contributed by atoms with van der Waals surface area (Å²) in [5.74, 6) is 0.985. The molecule has 114 valence electrons. The van der Waals surface area contributed by atoms with Crippen LogP contribution < -0.4 is 10.1 Å². The van der Waals surface area contributed by atoms with Gasteiger partial charge >= 0.3 is 6.09 Å². The molecule has 0 radical (unpaired) electrons. The standard InChI is InChI=1S/C17H18N2O3/c1-11-5-7-18-10-15(11)14-4-2-3-13-12(9-19-17(20)21)6-8-22-16(13)14/h2-5,7,10,12,19H,6,8-9H2,1H3,(H,20,21). The van der Waals surface area contributed by atoms with E-state index < -0.39 is 6.09 Å². The summed E-state index contributed by atoms with van der Waals surface area (Å²) in [6, 6.07) is 8.00. The normalized spacial score (nSPS) is 16.5. The fourth-order valence-corrected chi connectivity index (χ4v) is 2.88. The lowest BCUT2D eigenvalue weighted by Gasteiger charge is -2.28. The molecule has 2 aromatic rings. The number of para-hydroxylation sites is 1. The predicted molar refractivity (Wildman–Crippen MR) is 83.3 cm³/mol. The second-order valence-electron chi connectivity index (χ2n) is 5.43. The van der Waals surface area contributed by atoms with Crippen molar-refractivity contribution in [1.82, 2.24) is 10.3 Å². The Morgan fingerprint density at radius 2 is 2.27 bits per heavy atom. The van der Waals surface area contributed by atoms with Crippen molar-refractivity contribution in [3.8, 4) is 16.9 Å². The molecule has 0 saturated carbocycles. The summed E-state index contributed by atoms with van der Waals surface area (Å²) in [5, 5.41) is 11.3. The lowest BCUT2D eigenvalue weighted by Crippen LogP contribution is -2.29. The third kappa shape index (κ3) is 2.74. The number of rotatable bonds is 3. The van der Waals surface area contributed by atoms with Crippen molar-refractivity contribution < 1.29 is 14.6 Å². The van der Waals surface area contributed by atoms with Gasteiger partial charge in [-0.25, -0.2) is 4.79 Å². The lowest BCUT2D eigenvalue weighted by molar-refractivity contribution is 0.191. The zero-order chi connectivity index (χ0) is 15.5. The zero-order valence-electron chi connectivity index (χ0n) is 12.4. The van der Waals surface area contributed by atoms with Gasteiger partial charge in [-0.05, 0) is 30.5 Å². The van der Waals surface area contributed by atoms with Gasteiger partial charge in [0, 0.05) is 36.0 Å². The Morgan fingerprint density at radius 3 is 3.05 bits per heavy atom. The molecule has 1 amide bonds. The van der Waals surface area contributed by atoms with Crippen LogP contribution in [-0.4, -0.2) is 29.3 Å². The van der Waals surface area contributed by atoms with Gasteiger partial charge in [0.1, 0.15) is 5.75 Å². The molecule has 2 N–H and O–H groups in total. The number of carbonyl (C=O) groups is 1. The molecule has 1 aromatic carbocycles. The zero-order valence-corrected chi connectivity index (χ0v) is 12.4. The summed E-state index contributed by atoms with van der Waals surface area (Å²) in [6.07, 6.45) is 3.43. The molecule has 0 spiro atoms. The maximum absolute atomic E-state index is 10.7. The van der Waals surface area contributed by atoms with E-state index in [-0.39, 0.29) is 5.92 Å². The number of nitrogens with zero attached hydrogens (tertiary/aromatic N) is 1. The van der Waals surface area contributed by atoms with Gasteiger partial charge < -0.3 is 15.2 Å². The first-order valence-electron chi connectivity index (χ1n) is 7.30. The Morgan fingerprint density at radius 1 is 1.41 bits per heavy atom. The van der Waals surface area contributed by atoms with Crippen LogP contribution in [0.2, 0.25) is 0 Å². The van der Waals surface area contributed by atoms with E-state index >= 15 is 0 Å². The van der Waals surface area contributed by atoms with Crippen LogP contribution in [0, 0.1) is 6.92 Å². The Balaban J connectivity index is 2.00. The van der Waals surface area contributed by atoms with Gasteiger partial charge in [0.05, 0.1) is 6.61 Å². The molecule has 1 unspecified atom stereocenters. The maximum atomic E-state index is 10.7. The molecule has 5 heteroatoms. The Labute approximate surface area is 129 Å². The molecule has 0 saturated heterocycles. The van der Waals surface area contributed by atoms with Gasteiger partial charge in [-0.2, -0.15) is 0 Å². The van der Waals surface area contributed by atoms with Crippen LogP contribution in [0.1, 0.15) is 23.5 Å². The van der Waals surface area contributed by atoms with Crippen molar-refractivity contribution in [1.29, 1.82) is 0 Å². The summed E-state index contributed by atoms with van der Waals surface area (Å²) in [4.78, 5) is 14.9. The molecular formula is C17H18N2O3. The van der Waals surface area contributed by atoms with E-state index in [1.54, 1.807) is 6.20 Å². The van der Waals surface area contributed by atoms with Crippen molar-refractivity contribution in [3.05, 3.63) is 47.8 Å². The van der Waals surface area contributed by atoms with E-state index in [0.717, 1.165) is 34.4 Å². The number of hydrogen-bond donors (Lipinski definition) is 2. The van der Waals surface area contributed by atoms with E-state index in [2.05, 4.69) is 10.3 Å². The second kappa shape index (κ2) is 6.05. The number of fused-ring (bicyclic) bond motifs is 1.